The van der Waals surface area contributed by atoms with Crippen LogP contribution >= 0.6 is 23.1 Å². The smallest absolute Gasteiger partial charge is 0.233 e. The summed E-state index contributed by atoms with van der Waals surface area (Å²) < 4.78 is 7.47. The lowest BCUT2D eigenvalue weighted by atomic mass is 9.98. The van der Waals surface area contributed by atoms with Crippen molar-refractivity contribution >= 4 is 29.0 Å². The maximum atomic E-state index is 13.1. The summed E-state index contributed by atoms with van der Waals surface area (Å²) in [5.41, 5.74) is 2.18. The summed E-state index contributed by atoms with van der Waals surface area (Å²) in [5, 5.41) is 11.6. The van der Waals surface area contributed by atoms with Crippen molar-refractivity contribution in [2.45, 2.75) is 37.5 Å². The molecule has 1 aliphatic rings. The number of aromatic nitrogens is 3. The van der Waals surface area contributed by atoms with E-state index in [2.05, 4.69) is 35.1 Å². The number of hydrogen-bond donors (Lipinski definition) is 0. The van der Waals surface area contributed by atoms with E-state index in [0.717, 1.165) is 30.7 Å². The topological polar surface area (TPSA) is 60.2 Å². The summed E-state index contributed by atoms with van der Waals surface area (Å²) in [7, 11) is 1.64. The fourth-order valence-electron chi connectivity index (χ4n) is 4.06. The molecule has 3 aromatic rings. The van der Waals surface area contributed by atoms with Gasteiger partial charge in [0.05, 0.1) is 24.5 Å². The molecule has 1 aromatic carbocycles. The van der Waals surface area contributed by atoms with Crippen molar-refractivity contribution < 1.29 is 9.53 Å². The summed E-state index contributed by atoms with van der Waals surface area (Å²) in [5.74, 6) is 1.91. The molecule has 1 unspecified atom stereocenters. The molecule has 0 saturated heterocycles. The monoisotopic (exact) mass is 454 g/mol. The average molecular weight is 455 g/mol. The lowest BCUT2D eigenvalue weighted by Crippen LogP contribution is -2.40. The third-order valence-electron chi connectivity index (χ3n) is 5.50. The molecule has 0 bridgehead atoms. The van der Waals surface area contributed by atoms with Gasteiger partial charge >= 0.3 is 0 Å². The van der Waals surface area contributed by atoms with Crippen LogP contribution in [0, 0.1) is 0 Å². The molecule has 162 valence electrons. The summed E-state index contributed by atoms with van der Waals surface area (Å²) in [6.07, 6.45) is 3.67. The Morgan fingerprint density at radius 1 is 1.35 bits per heavy atom. The fourth-order valence-corrected chi connectivity index (χ4v) is 5.82. The van der Waals surface area contributed by atoms with Crippen molar-refractivity contribution in [1.82, 2.24) is 19.7 Å². The fraction of sp³-hybridized carbons (Fsp3) is 0.348. The van der Waals surface area contributed by atoms with Crippen LogP contribution in [0.4, 0.5) is 0 Å². The number of benzene rings is 1. The molecule has 31 heavy (non-hydrogen) atoms. The van der Waals surface area contributed by atoms with Crippen molar-refractivity contribution in [2.24, 2.45) is 0 Å². The molecule has 0 saturated carbocycles. The molecule has 0 fully saturated rings. The van der Waals surface area contributed by atoms with Crippen LogP contribution in [0.3, 0.4) is 0 Å². The Balaban J connectivity index is 1.53. The van der Waals surface area contributed by atoms with Gasteiger partial charge in [0.25, 0.3) is 0 Å². The van der Waals surface area contributed by atoms with Gasteiger partial charge in [0.2, 0.25) is 5.91 Å². The summed E-state index contributed by atoms with van der Waals surface area (Å²) >= 11 is 3.22. The van der Waals surface area contributed by atoms with Gasteiger partial charge < -0.3 is 9.64 Å². The lowest BCUT2D eigenvalue weighted by Gasteiger charge is -2.35. The molecular formula is C23H26N4O2S2. The first-order valence-corrected chi connectivity index (χ1v) is 12.2. The number of ether oxygens (including phenoxy) is 1. The normalized spacial score (nSPS) is 15.5. The highest BCUT2D eigenvalue weighted by Crippen LogP contribution is 2.36. The first-order chi connectivity index (χ1) is 15.2. The number of rotatable bonds is 8. The number of fused-ring (bicyclic) bond motifs is 1. The van der Waals surface area contributed by atoms with Gasteiger partial charge in [-0.05, 0) is 42.0 Å². The van der Waals surface area contributed by atoms with Crippen molar-refractivity contribution in [2.75, 3.05) is 19.4 Å². The van der Waals surface area contributed by atoms with Gasteiger partial charge in [-0.3, -0.25) is 9.36 Å². The van der Waals surface area contributed by atoms with Crippen LogP contribution in [-0.4, -0.2) is 45.0 Å². The molecule has 0 radical (unpaired) electrons. The molecule has 8 heteroatoms. The number of carbonyl (C=O) groups excluding carboxylic acids is 1. The number of carbonyl (C=O) groups is 1. The highest BCUT2D eigenvalue weighted by Gasteiger charge is 2.30. The highest BCUT2D eigenvalue weighted by atomic mass is 32.2. The number of hydrogen-bond acceptors (Lipinski definition) is 6. The number of nitrogens with zero attached hydrogens (tertiary/aromatic N) is 4. The van der Waals surface area contributed by atoms with Gasteiger partial charge in [-0.1, -0.05) is 36.9 Å². The second-order valence-corrected chi connectivity index (χ2v) is 9.20. The Kier molecular flexibility index (Phi) is 6.77. The van der Waals surface area contributed by atoms with E-state index in [1.54, 1.807) is 18.4 Å². The zero-order valence-electron chi connectivity index (χ0n) is 17.8. The van der Waals surface area contributed by atoms with E-state index in [9.17, 15) is 4.79 Å². The minimum atomic E-state index is 0.140. The number of thioether (sulfide) groups is 1. The SMILES string of the molecule is C=CCn1c(SCC(=O)N2CCc3sccc3C2CC)nnc1-c1ccccc1OC. The minimum absolute atomic E-state index is 0.140. The zero-order chi connectivity index (χ0) is 21.8. The van der Waals surface area contributed by atoms with Gasteiger partial charge in [0.15, 0.2) is 11.0 Å². The molecule has 3 heterocycles. The van der Waals surface area contributed by atoms with E-state index >= 15 is 0 Å². The highest BCUT2D eigenvalue weighted by molar-refractivity contribution is 7.99. The summed E-state index contributed by atoms with van der Waals surface area (Å²) in [6.45, 7) is 7.34. The number of amides is 1. The van der Waals surface area contributed by atoms with E-state index in [4.69, 9.17) is 4.74 Å². The number of methoxy groups -OCH3 is 1. The van der Waals surface area contributed by atoms with Crippen LogP contribution in [0.5, 0.6) is 5.75 Å². The van der Waals surface area contributed by atoms with Crippen LogP contribution in [0.2, 0.25) is 0 Å². The molecule has 1 amide bonds. The largest absolute Gasteiger partial charge is 0.496 e. The molecule has 0 aliphatic carbocycles. The molecule has 0 spiro atoms. The molecule has 2 aromatic heterocycles. The second kappa shape index (κ2) is 9.70. The van der Waals surface area contributed by atoms with E-state index in [-0.39, 0.29) is 11.9 Å². The van der Waals surface area contributed by atoms with E-state index in [1.165, 1.54) is 22.2 Å². The third-order valence-corrected chi connectivity index (χ3v) is 7.45. The first-order valence-electron chi connectivity index (χ1n) is 10.3. The third kappa shape index (κ3) is 4.27. The average Bonchev–Trinajstić information content (AvgIpc) is 3.44. The van der Waals surface area contributed by atoms with Crippen molar-refractivity contribution in [3.05, 3.63) is 58.8 Å². The minimum Gasteiger partial charge on any atom is -0.496 e. The second-order valence-electron chi connectivity index (χ2n) is 7.25. The Morgan fingerprint density at radius 2 is 2.19 bits per heavy atom. The molecule has 6 nitrogen and oxygen atoms in total. The van der Waals surface area contributed by atoms with Crippen LogP contribution < -0.4 is 4.74 Å². The quantitative estimate of drug-likeness (QED) is 0.360. The van der Waals surface area contributed by atoms with E-state index in [0.29, 0.717) is 23.3 Å². The molecule has 1 aliphatic heterocycles. The Labute approximate surface area is 190 Å². The molecule has 1 atom stereocenters. The maximum Gasteiger partial charge on any atom is 0.233 e. The standard InChI is InChI=1S/C23H26N4O2S2/c1-4-12-27-22(17-8-6-7-9-19(17)29-3)24-25-23(27)31-15-21(28)26-13-10-20-16(11-14-30-20)18(26)5-2/h4,6-9,11,14,18H,1,5,10,12-13,15H2,2-3H3. The van der Waals surface area contributed by atoms with Gasteiger partial charge in [-0.2, -0.15) is 0 Å². The van der Waals surface area contributed by atoms with Crippen molar-refractivity contribution in [3.63, 3.8) is 0 Å². The van der Waals surface area contributed by atoms with Crippen LogP contribution in [0.15, 0.2) is 53.5 Å². The lowest BCUT2D eigenvalue weighted by molar-refractivity contribution is -0.131. The Morgan fingerprint density at radius 3 is 2.97 bits per heavy atom. The van der Waals surface area contributed by atoms with Gasteiger partial charge in [-0.15, -0.1) is 28.1 Å². The van der Waals surface area contributed by atoms with Gasteiger partial charge in [0, 0.05) is 18.0 Å². The summed E-state index contributed by atoms with van der Waals surface area (Å²) in [6, 6.07) is 10.1. The van der Waals surface area contributed by atoms with E-state index in [1.807, 2.05) is 39.8 Å². The zero-order valence-corrected chi connectivity index (χ0v) is 19.4. The van der Waals surface area contributed by atoms with Crippen LogP contribution in [-0.2, 0) is 17.8 Å². The predicted octanol–water partition coefficient (Wildman–Crippen LogP) is 4.83. The van der Waals surface area contributed by atoms with Gasteiger partial charge in [0.1, 0.15) is 5.75 Å². The number of thiophene rings is 1. The maximum absolute atomic E-state index is 13.1. The Bertz CT molecular complexity index is 1080. The van der Waals surface area contributed by atoms with Crippen LogP contribution in [0.25, 0.3) is 11.4 Å². The molecular weight excluding hydrogens is 428 g/mol. The molecule has 0 N–H and O–H groups in total. The Hall–Kier alpha value is -2.58. The molecule has 4 rings (SSSR count). The number of allylic oxidation sites excluding steroid dienone is 1. The summed E-state index contributed by atoms with van der Waals surface area (Å²) in [4.78, 5) is 16.6. The van der Waals surface area contributed by atoms with E-state index < -0.39 is 0 Å². The van der Waals surface area contributed by atoms with Crippen molar-refractivity contribution in [1.29, 1.82) is 0 Å². The van der Waals surface area contributed by atoms with Crippen molar-refractivity contribution in [3.8, 4) is 17.1 Å². The first kappa shape index (κ1) is 21.6. The van der Waals surface area contributed by atoms with Gasteiger partial charge in [-0.25, -0.2) is 0 Å². The predicted molar refractivity (Wildman–Crippen MR) is 126 cm³/mol. The van der Waals surface area contributed by atoms with Crippen LogP contribution in [0.1, 0.15) is 29.8 Å². The number of para-hydroxylation sites is 1.